The Morgan fingerprint density at radius 2 is 1.92 bits per heavy atom. The van der Waals surface area contributed by atoms with Gasteiger partial charge in [-0.05, 0) is 24.3 Å². The van der Waals surface area contributed by atoms with E-state index in [9.17, 15) is 15.0 Å². The Kier molecular flexibility index (Phi) is 5.44. The zero-order valence-corrected chi connectivity index (χ0v) is 15.9. The number of aliphatic carboxylic acids is 1. The number of anilines is 2. The van der Waals surface area contributed by atoms with E-state index in [2.05, 4.69) is 0 Å². The Hall–Kier alpha value is -1.66. The second-order valence-corrected chi connectivity index (χ2v) is 8.18. The topological polar surface area (TPSA) is 96.0 Å². The van der Waals surface area contributed by atoms with Gasteiger partial charge < -0.3 is 25.6 Å². The summed E-state index contributed by atoms with van der Waals surface area (Å²) < 4.78 is 5.25. The lowest BCUT2D eigenvalue weighted by Gasteiger charge is -2.46. The summed E-state index contributed by atoms with van der Waals surface area (Å²) in [7, 11) is 1.54. The van der Waals surface area contributed by atoms with Crippen LogP contribution in [-0.4, -0.2) is 42.0 Å². The maximum Gasteiger partial charge on any atom is 0.309 e. The second-order valence-electron chi connectivity index (χ2n) is 7.77. The molecule has 25 heavy (non-hydrogen) atoms. The SMILES string of the molecule is COc1cc(N2CCC(O)(C(C(=O)O)C(C)(C)C)CC2)c(Cl)cc1N. The van der Waals surface area contributed by atoms with Crippen LogP contribution in [0.3, 0.4) is 0 Å². The molecule has 7 heteroatoms. The summed E-state index contributed by atoms with van der Waals surface area (Å²) in [6, 6.07) is 3.42. The zero-order chi connectivity index (χ0) is 19.0. The fraction of sp³-hybridized carbons (Fsp3) is 0.611. The van der Waals surface area contributed by atoms with Crippen LogP contribution < -0.4 is 15.4 Å². The first-order chi connectivity index (χ1) is 11.5. The van der Waals surface area contributed by atoms with Crippen molar-refractivity contribution in [2.45, 2.75) is 39.2 Å². The van der Waals surface area contributed by atoms with Crippen LogP contribution in [0.25, 0.3) is 0 Å². The number of halogens is 1. The minimum absolute atomic E-state index is 0.351. The molecule has 1 atom stereocenters. The third kappa shape index (κ3) is 3.96. The van der Waals surface area contributed by atoms with E-state index in [-0.39, 0.29) is 0 Å². The van der Waals surface area contributed by atoms with Crippen molar-refractivity contribution in [3.63, 3.8) is 0 Å². The van der Waals surface area contributed by atoms with Crippen molar-refractivity contribution in [1.82, 2.24) is 0 Å². The van der Waals surface area contributed by atoms with Crippen molar-refractivity contribution in [3.05, 3.63) is 17.2 Å². The second kappa shape index (κ2) is 6.92. The summed E-state index contributed by atoms with van der Waals surface area (Å²) in [6.07, 6.45) is 0.703. The number of nitrogen functional groups attached to an aromatic ring is 1. The van der Waals surface area contributed by atoms with Crippen molar-refractivity contribution < 1.29 is 19.7 Å². The highest BCUT2D eigenvalue weighted by Gasteiger charge is 2.49. The molecule has 140 valence electrons. The third-order valence-electron chi connectivity index (χ3n) is 4.92. The largest absolute Gasteiger partial charge is 0.495 e. The smallest absolute Gasteiger partial charge is 0.309 e. The number of nitrogens with zero attached hydrogens (tertiary/aromatic N) is 1. The van der Waals surface area contributed by atoms with Gasteiger partial charge in [-0.3, -0.25) is 4.79 Å². The molecule has 1 aliphatic rings. The molecule has 6 nitrogen and oxygen atoms in total. The maximum absolute atomic E-state index is 11.8. The molecule has 0 aromatic heterocycles. The van der Waals surface area contributed by atoms with Gasteiger partial charge in [0.15, 0.2) is 0 Å². The Morgan fingerprint density at radius 3 is 2.36 bits per heavy atom. The van der Waals surface area contributed by atoms with Crippen LogP contribution in [0.5, 0.6) is 5.75 Å². The van der Waals surface area contributed by atoms with E-state index in [1.54, 1.807) is 19.2 Å². The number of ether oxygens (including phenoxy) is 1. The van der Waals surface area contributed by atoms with E-state index in [1.807, 2.05) is 25.7 Å². The predicted molar refractivity (Wildman–Crippen MR) is 99.4 cm³/mol. The quantitative estimate of drug-likeness (QED) is 0.705. The summed E-state index contributed by atoms with van der Waals surface area (Å²) in [6.45, 7) is 6.54. The molecule has 0 saturated carbocycles. The standard InChI is InChI=1S/C18H27ClN2O4/c1-17(2,3)15(16(22)23)18(24)5-7-21(8-6-18)13-10-14(25-4)12(20)9-11(13)19/h9-10,15,24H,5-8,20H2,1-4H3,(H,22,23). The van der Waals surface area contributed by atoms with Gasteiger partial charge in [-0.2, -0.15) is 0 Å². The number of hydrogen-bond donors (Lipinski definition) is 3. The van der Waals surface area contributed by atoms with Gasteiger partial charge in [-0.1, -0.05) is 32.4 Å². The van der Waals surface area contributed by atoms with Gasteiger partial charge in [0, 0.05) is 19.2 Å². The van der Waals surface area contributed by atoms with E-state index >= 15 is 0 Å². The van der Waals surface area contributed by atoms with Crippen LogP contribution in [0.1, 0.15) is 33.6 Å². The Balaban J connectivity index is 2.23. The van der Waals surface area contributed by atoms with Crippen molar-refractivity contribution in [2.75, 3.05) is 30.8 Å². The molecule has 1 saturated heterocycles. The minimum Gasteiger partial charge on any atom is -0.495 e. The van der Waals surface area contributed by atoms with Crippen molar-refractivity contribution >= 4 is 28.9 Å². The zero-order valence-electron chi connectivity index (χ0n) is 15.2. The molecule has 0 amide bonds. The highest BCUT2D eigenvalue weighted by molar-refractivity contribution is 6.33. The summed E-state index contributed by atoms with van der Waals surface area (Å²) in [5.41, 5.74) is 5.32. The number of carboxylic acid groups (broad SMARTS) is 1. The fourth-order valence-corrected chi connectivity index (χ4v) is 4.10. The molecule has 0 aliphatic carbocycles. The minimum atomic E-state index is -1.25. The predicted octanol–water partition coefficient (Wildman–Crippen LogP) is 3.01. The van der Waals surface area contributed by atoms with Gasteiger partial charge in [-0.25, -0.2) is 0 Å². The van der Waals surface area contributed by atoms with Crippen LogP contribution in [0.4, 0.5) is 11.4 Å². The normalized spacial score (nSPS) is 18.7. The Bertz CT molecular complexity index is 649. The number of hydrogen-bond acceptors (Lipinski definition) is 5. The number of aliphatic hydroxyl groups is 1. The van der Waals surface area contributed by atoms with Gasteiger partial charge in [0.2, 0.25) is 0 Å². The molecule has 1 aliphatic heterocycles. The van der Waals surface area contributed by atoms with Crippen molar-refractivity contribution in [2.24, 2.45) is 11.3 Å². The lowest BCUT2D eigenvalue weighted by Crippen LogP contribution is -2.55. The van der Waals surface area contributed by atoms with E-state index in [0.29, 0.717) is 42.4 Å². The van der Waals surface area contributed by atoms with Gasteiger partial charge in [0.05, 0.1) is 35.0 Å². The first-order valence-corrected chi connectivity index (χ1v) is 8.70. The lowest BCUT2D eigenvalue weighted by atomic mass is 9.67. The summed E-state index contributed by atoms with van der Waals surface area (Å²) >= 11 is 6.31. The summed E-state index contributed by atoms with van der Waals surface area (Å²) in [4.78, 5) is 13.8. The Morgan fingerprint density at radius 1 is 1.36 bits per heavy atom. The number of benzene rings is 1. The number of nitrogens with two attached hydrogens (primary N) is 1. The van der Waals surface area contributed by atoms with Crippen LogP contribution in [0, 0.1) is 11.3 Å². The molecule has 0 radical (unpaired) electrons. The number of rotatable bonds is 4. The third-order valence-corrected chi connectivity index (χ3v) is 5.22. The van der Waals surface area contributed by atoms with Crippen LogP contribution in [0.15, 0.2) is 12.1 Å². The monoisotopic (exact) mass is 370 g/mol. The molecule has 4 N–H and O–H groups in total. The van der Waals surface area contributed by atoms with Crippen molar-refractivity contribution in [3.8, 4) is 5.75 Å². The van der Waals surface area contributed by atoms with Gasteiger partial charge in [0.25, 0.3) is 0 Å². The number of carbonyl (C=O) groups is 1. The van der Waals surface area contributed by atoms with E-state index in [4.69, 9.17) is 22.1 Å². The lowest BCUT2D eigenvalue weighted by molar-refractivity contribution is -0.163. The molecule has 1 fully saturated rings. The fourth-order valence-electron chi connectivity index (χ4n) is 3.81. The first-order valence-electron chi connectivity index (χ1n) is 8.33. The number of methoxy groups -OCH3 is 1. The van der Waals surface area contributed by atoms with Crippen LogP contribution in [-0.2, 0) is 4.79 Å². The molecule has 1 heterocycles. The van der Waals surface area contributed by atoms with E-state index < -0.39 is 22.9 Å². The average molecular weight is 371 g/mol. The molecule has 0 bridgehead atoms. The van der Waals surface area contributed by atoms with E-state index in [1.165, 1.54) is 0 Å². The molecular formula is C18H27ClN2O4. The highest BCUT2D eigenvalue weighted by Crippen LogP contribution is 2.43. The van der Waals surface area contributed by atoms with Gasteiger partial charge in [-0.15, -0.1) is 0 Å². The van der Waals surface area contributed by atoms with Gasteiger partial charge >= 0.3 is 5.97 Å². The number of carboxylic acids is 1. The summed E-state index contributed by atoms with van der Waals surface area (Å²) in [5.74, 6) is -1.26. The Labute approximate surface area is 153 Å². The van der Waals surface area contributed by atoms with Crippen molar-refractivity contribution in [1.29, 1.82) is 0 Å². The average Bonchev–Trinajstić information content (AvgIpc) is 2.46. The molecule has 0 spiro atoms. The van der Waals surface area contributed by atoms with Crippen LogP contribution >= 0.6 is 11.6 Å². The number of piperidine rings is 1. The summed E-state index contributed by atoms with van der Waals surface area (Å²) in [5, 5.41) is 21.2. The van der Waals surface area contributed by atoms with Gasteiger partial charge in [0.1, 0.15) is 5.75 Å². The van der Waals surface area contributed by atoms with Crippen LogP contribution in [0.2, 0.25) is 5.02 Å². The molecular weight excluding hydrogens is 344 g/mol. The first kappa shape index (κ1) is 19.7. The molecule has 1 aromatic rings. The highest BCUT2D eigenvalue weighted by atomic mass is 35.5. The molecule has 1 aromatic carbocycles. The molecule has 2 rings (SSSR count). The maximum atomic E-state index is 11.8. The molecule has 1 unspecified atom stereocenters. The van der Waals surface area contributed by atoms with E-state index in [0.717, 1.165) is 5.69 Å².